The average molecular weight is 254 g/mol. The summed E-state index contributed by atoms with van der Waals surface area (Å²) in [6.07, 6.45) is -4.74. The Morgan fingerprint density at radius 1 is 1.44 bits per heavy atom. The Bertz CT molecular complexity index is 431. The fourth-order valence-electron chi connectivity index (χ4n) is 1.18. The standard InChI is InChI=1S/C9H7ClF3NO2/c1-16-4-2-5(8(14)15)7(6(10)3-4)9(11,12)13/h2-3H,1H3,(H2,14,15). The maximum atomic E-state index is 12.6. The summed E-state index contributed by atoms with van der Waals surface area (Å²) in [5.74, 6) is -1.18. The molecule has 1 rings (SSSR count). The second kappa shape index (κ2) is 4.21. The first-order valence-corrected chi connectivity index (χ1v) is 4.39. The van der Waals surface area contributed by atoms with Crippen LogP contribution in [0.5, 0.6) is 5.75 Å². The van der Waals surface area contributed by atoms with Gasteiger partial charge in [-0.1, -0.05) is 11.6 Å². The van der Waals surface area contributed by atoms with E-state index in [9.17, 15) is 18.0 Å². The lowest BCUT2D eigenvalue weighted by Crippen LogP contribution is -2.19. The van der Waals surface area contributed by atoms with E-state index < -0.39 is 28.2 Å². The van der Waals surface area contributed by atoms with Gasteiger partial charge in [0.15, 0.2) is 0 Å². The SMILES string of the molecule is COc1cc(Cl)c(C(F)(F)F)c(C(N)=O)c1. The van der Waals surface area contributed by atoms with Gasteiger partial charge in [-0.2, -0.15) is 13.2 Å². The van der Waals surface area contributed by atoms with Gasteiger partial charge in [0.05, 0.1) is 23.3 Å². The highest BCUT2D eigenvalue weighted by atomic mass is 35.5. The van der Waals surface area contributed by atoms with Gasteiger partial charge in [0.25, 0.3) is 0 Å². The van der Waals surface area contributed by atoms with E-state index >= 15 is 0 Å². The molecule has 16 heavy (non-hydrogen) atoms. The first kappa shape index (κ1) is 12.6. The molecule has 0 radical (unpaired) electrons. The largest absolute Gasteiger partial charge is 0.497 e. The Balaban J connectivity index is 3.53. The fraction of sp³-hybridized carbons (Fsp3) is 0.222. The third-order valence-electron chi connectivity index (χ3n) is 1.85. The zero-order valence-electron chi connectivity index (χ0n) is 8.06. The molecule has 3 nitrogen and oxygen atoms in total. The molecule has 1 amide bonds. The topological polar surface area (TPSA) is 52.3 Å². The first-order valence-electron chi connectivity index (χ1n) is 4.02. The molecule has 0 aliphatic heterocycles. The second-order valence-electron chi connectivity index (χ2n) is 2.89. The highest BCUT2D eigenvalue weighted by molar-refractivity contribution is 6.32. The van der Waals surface area contributed by atoms with Gasteiger partial charge < -0.3 is 10.5 Å². The predicted octanol–water partition coefficient (Wildman–Crippen LogP) is 2.47. The number of halogens is 4. The maximum absolute atomic E-state index is 12.6. The van der Waals surface area contributed by atoms with Crippen molar-refractivity contribution in [2.75, 3.05) is 7.11 Å². The van der Waals surface area contributed by atoms with Crippen molar-refractivity contribution in [2.45, 2.75) is 6.18 Å². The molecule has 1 aromatic carbocycles. The Morgan fingerprint density at radius 2 is 2.00 bits per heavy atom. The van der Waals surface area contributed by atoms with E-state index in [0.717, 1.165) is 12.1 Å². The molecule has 7 heteroatoms. The minimum absolute atomic E-state index is 0.0341. The summed E-state index contributed by atoms with van der Waals surface area (Å²) in [7, 11) is 1.24. The minimum atomic E-state index is -4.74. The van der Waals surface area contributed by atoms with Crippen LogP contribution in [0.25, 0.3) is 0 Å². The van der Waals surface area contributed by atoms with Crippen LogP contribution in [0.15, 0.2) is 12.1 Å². The number of hydrogen-bond donors (Lipinski definition) is 1. The number of carbonyl (C=O) groups excluding carboxylic acids is 1. The van der Waals surface area contributed by atoms with Crippen molar-refractivity contribution in [3.63, 3.8) is 0 Å². The molecule has 0 aromatic heterocycles. The summed E-state index contributed by atoms with van der Waals surface area (Å²) >= 11 is 5.43. The summed E-state index contributed by atoms with van der Waals surface area (Å²) in [6.45, 7) is 0. The van der Waals surface area contributed by atoms with Gasteiger partial charge in [0.1, 0.15) is 5.75 Å². The van der Waals surface area contributed by atoms with E-state index in [0.29, 0.717) is 0 Å². The summed E-state index contributed by atoms with van der Waals surface area (Å²) in [4.78, 5) is 10.9. The van der Waals surface area contributed by atoms with E-state index in [1.54, 1.807) is 0 Å². The minimum Gasteiger partial charge on any atom is -0.497 e. The normalized spacial score (nSPS) is 11.3. The van der Waals surface area contributed by atoms with E-state index in [1.165, 1.54) is 7.11 Å². The van der Waals surface area contributed by atoms with Gasteiger partial charge in [-0.05, 0) is 12.1 Å². The molecule has 0 atom stereocenters. The number of alkyl halides is 3. The van der Waals surface area contributed by atoms with Crippen LogP contribution in [-0.4, -0.2) is 13.0 Å². The van der Waals surface area contributed by atoms with Crippen molar-refractivity contribution in [3.8, 4) is 5.75 Å². The third-order valence-corrected chi connectivity index (χ3v) is 2.15. The van der Waals surface area contributed by atoms with E-state index in [-0.39, 0.29) is 5.75 Å². The molecular weight excluding hydrogens is 247 g/mol. The smallest absolute Gasteiger partial charge is 0.418 e. The van der Waals surface area contributed by atoms with E-state index in [1.807, 2.05) is 0 Å². The molecule has 0 aliphatic rings. The van der Waals surface area contributed by atoms with Gasteiger partial charge in [-0.15, -0.1) is 0 Å². The van der Waals surface area contributed by atoms with Crippen molar-refractivity contribution in [3.05, 3.63) is 28.3 Å². The van der Waals surface area contributed by atoms with Crippen LogP contribution in [0.3, 0.4) is 0 Å². The lowest BCUT2D eigenvalue weighted by atomic mass is 10.1. The van der Waals surface area contributed by atoms with Crippen molar-refractivity contribution >= 4 is 17.5 Å². The van der Waals surface area contributed by atoms with Crippen LogP contribution in [0.1, 0.15) is 15.9 Å². The number of nitrogens with two attached hydrogens (primary N) is 1. The van der Waals surface area contributed by atoms with Crippen LogP contribution < -0.4 is 10.5 Å². The summed E-state index contributed by atoms with van der Waals surface area (Å²) in [6, 6.07) is 1.87. The molecule has 1 aromatic rings. The van der Waals surface area contributed by atoms with Crippen LogP contribution >= 0.6 is 11.6 Å². The summed E-state index contributed by atoms with van der Waals surface area (Å²) < 4.78 is 42.4. The van der Waals surface area contributed by atoms with Gasteiger partial charge in [-0.25, -0.2) is 0 Å². The number of rotatable bonds is 2. The second-order valence-corrected chi connectivity index (χ2v) is 3.30. The third kappa shape index (κ3) is 2.38. The molecule has 0 saturated carbocycles. The number of primary amides is 1. The Hall–Kier alpha value is -1.43. The number of methoxy groups -OCH3 is 1. The number of benzene rings is 1. The summed E-state index contributed by atoms with van der Waals surface area (Å²) in [5.41, 5.74) is 2.89. The quantitative estimate of drug-likeness (QED) is 0.880. The Labute approximate surface area is 93.9 Å². The number of hydrogen-bond acceptors (Lipinski definition) is 2. The molecule has 0 heterocycles. The van der Waals surface area contributed by atoms with E-state index in [2.05, 4.69) is 0 Å². The van der Waals surface area contributed by atoms with Crippen molar-refractivity contribution < 1.29 is 22.7 Å². The Kier molecular flexibility index (Phi) is 3.32. The average Bonchev–Trinajstić information content (AvgIpc) is 2.14. The zero-order chi connectivity index (χ0) is 12.5. The van der Waals surface area contributed by atoms with Crippen LogP contribution in [-0.2, 0) is 6.18 Å². The lowest BCUT2D eigenvalue weighted by molar-refractivity contribution is -0.137. The van der Waals surface area contributed by atoms with Gasteiger partial charge in [-0.3, -0.25) is 4.79 Å². The number of ether oxygens (including phenoxy) is 1. The number of carbonyl (C=O) groups is 1. The molecule has 2 N–H and O–H groups in total. The number of amides is 1. The monoisotopic (exact) mass is 253 g/mol. The van der Waals surface area contributed by atoms with Crippen molar-refractivity contribution in [1.29, 1.82) is 0 Å². The molecule has 0 spiro atoms. The molecule has 88 valence electrons. The van der Waals surface area contributed by atoms with Gasteiger partial charge in [0, 0.05) is 0 Å². The predicted molar refractivity (Wildman–Crippen MR) is 51.5 cm³/mol. The van der Waals surface area contributed by atoms with Crippen LogP contribution in [0.4, 0.5) is 13.2 Å². The highest BCUT2D eigenvalue weighted by Crippen LogP contribution is 2.39. The molecule has 0 unspecified atom stereocenters. The zero-order valence-corrected chi connectivity index (χ0v) is 8.82. The Morgan fingerprint density at radius 3 is 2.38 bits per heavy atom. The fourth-order valence-corrected chi connectivity index (χ4v) is 1.50. The first-order chi connectivity index (χ1) is 7.27. The van der Waals surface area contributed by atoms with Crippen molar-refractivity contribution in [2.24, 2.45) is 5.73 Å². The molecule has 0 saturated heterocycles. The highest BCUT2D eigenvalue weighted by Gasteiger charge is 2.37. The summed E-state index contributed by atoms with van der Waals surface area (Å²) in [5, 5.41) is -0.624. The maximum Gasteiger partial charge on any atom is 0.418 e. The van der Waals surface area contributed by atoms with Gasteiger partial charge in [0.2, 0.25) is 5.91 Å². The van der Waals surface area contributed by atoms with Crippen molar-refractivity contribution in [1.82, 2.24) is 0 Å². The molecule has 0 fully saturated rings. The lowest BCUT2D eigenvalue weighted by Gasteiger charge is -2.13. The molecule has 0 aliphatic carbocycles. The molecule has 0 bridgehead atoms. The van der Waals surface area contributed by atoms with Crippen LogP contribution in [0.2, 0.25) is 5.02 Å². The van der Waals surface area contributed by atoms with E-state index in [4.69, 9.17) is 22.1 Å². The molecular formula is C9H7ClF3NO2. The van der Waals surface area contributed by atoms with Crippen LogP contribution in [0, 0.1) is 0 Å². The van der Waals surface area contributed by atoms with Gasteiger partial charge >= 0.3 is 6.18 Å².